The van der Waals surface area contributed by atoms with Crippen LogP contribution in [-0.2, 0) is 0 Å². The molecule has 0 spiro atoms. The van der Waals surface area contributed by atoms with Crippen molar-refractivity contribution in [1.82, 2.24) is 0 Å². The number of rotatable bonds is 3. The molecule has 0 unspecified atom stereocenters. The molecule has 4 heteroatoms. The maximum Gasteiger partial charge on any atom is 0.196 e. The lowest BCUT2D eigenvalue weighted by molar-refractivity contribution is 0.103. The summed E-state index contributed by atoms with van der Waals surface area (Å²) < 4.78 is 5.73. The van der Waals surface area contributed by atoms with Crippen LogP contribution in [0, 0.1) is 0 Å². The molecule has 2 aromatic rings. The molecule has 2 rings (SSSR count). The van der Waals surface area contributed by atoms with Crippen LogP contribution in [0.5, 0.6) is 5.75 Å². The normalized spacial score (nSPS) is 11.3. The minimum absolute atomic E-state index is 0.201. The third kappa shape index (κ3) is 3.99. The first-order valence-corrected chi connectivity index (χ1v) is 7.31. The summed E-state index contributed by atoms with van der Waals surface area (Å²) in [6.07, 6.45) is 0. The number of halogens is 2. The van der Waals surface area contributed by atoms with Gasteiger partial charge in [-0.05, 0) is 57.2 Å². The van der Waals surface area contributed by atoms with Crippen LogP contribution in [0.3, 0.4) is 0 Å². The first-order valence-electron chi connectivity index (χ1n) is 6.56. The number of carbonyl (C=O) groups is 1. The number of ketones is 1. The van der Waals surface area contributed by atoms with Crippen molar-refractivity contribution in [2.45, 2.75) is 26.4 Å². The second-order valence-corrected chi connectivity index (χ2v) is 6.48. The maximum atomic E-state index is 12.5. The predicted octanol–water partition coefficient (Wildman–Crippen LogP) is 5.40. The van der Waals surface area contributed by atoms with Crippen LogP contribution >= 0.6 is 23.2 Å². The Kier molecular flexibility index (Phi) is 4.60. The van der Waals surface area contributed by atoms with Crippen LogP contribution in [0.2, 0.25) is 10.0 Å². The molecule has 0 fully saturated rings. The fourth-order valence-corrected chi connectivity index (χ4v) is 2.46. The average Bonchev–Trinajstić information content (AvgIpc) is 2.37. The first-order chi connectivity index (χ1) is 9.78. The van der Waals surface area contributed by atoms with Crippen molar-refractivity contribution in [2.75, 3.05) is 0 Å². The SMILES string of the molecule is CC(C)(C)Oc1ccc(C(=O)c2c(Cl)cccc2Cl)cc1. The van der Waals surface area contributed by atoms with Gasteiger partial charge in [0.1, 0.15) is 11.4 Å². The standard InChI is InChI=1S/C17H16Cl2O2/c1-17(2,3)21-12-9-7-11(8-10-12)16(20)15-13(18)5-4-6-14(15)19/h4-10H,1-3H3. The molecule has 0 bridgehead atoms. The minimum Gasteiger partial charge on any atom is -0.488 e. The first kappa shape index (κ1) is 15.9. The lowest BCUT2D eigenvalue weighted by atomic mass is 10.0. The zero-order valence-corrected chi connectivity index (χ0v) is 13.6. The number of hydrogen-bond acceptors (Lipinski definition) is 2. The van der Waals surface area contributed by atoms with Crippen LogP contribution in [0.1, 0.15) is 36.7 Å². The van der Waals surface area contributed by atoms with E-state index < -0.39 is 0 Å². The fraction of sp³-hybridized carbons (Fsp3) is 0.235. The number of ether oxygens (including phenoxy) is 1. The lowest BCUT2D eigenvalue weighted by Crippen LogP contribution is -2.22. The van der Waals surface area contributed by atoms with Crippen molar-refractivity contribution in [3.8, 4) is 5.75 Å². The molecule has 0 aliphatic rings. The Morgan fingerprint density at radius 1 is 0.952 bits per heavy atom. The van der Waals surface area contributed by atoms with Crippen LogP contribution in [-0.4, -0.2) is 11.4 Å². The number of hydrogen-bond donors (Lipinski definition) is 0. The van der Waals surface area contributed by atoms with Gasteiger partial charge in [-0.15, -0.1) is 0 Å². The van der Waals surface area contributed by atoms with Crippen LogP contribution in [0.4, 0.5) is 0 Å². The van der Waals surface area contributed by atoms with Crippen LogP contribution < -0.4 is 4.74 Å². The summed E-state index contributed by atoms with van der Waals surface area (Å²) in [5.74, 6) is 0.511. The Hall–Kier alpha value is -1.51. The van der Waals surface area contributed by atoms with Gasteiger partial charge in [-0.1, -0.05) is 29.3 Å². The third-order valence-electron chi connectivity index (χ3n) is 2.73. The molecule has 0 amide bonds. The van der Waals surface area contributed by atoms with E-state index in [1.165, 1.54) is 0 Å². The highest BCUT2D eigenvalue weighted by atomic mass is 35.5. The van der Waals surface area contributed by atoms with Crippen molar-refractivity contribution in [2.24, 2.45) is 0 Å². The average molecular weight is 323 g/mol. The molecule has 0 saturated carbocycles. The Bertz CT molecular complexity index is 635. The molecular formula is C17H16Cl2O2. The fourth-order valence-electron chi connectivity index (χ4n) is 1.89. The zero-order chi connectivity index (χ0) is 15.6. The summed E-state index contributed by atoms with van der Waals surface area (Å²) >= 11 is 12.1. The summed E-state index contributed by atoms with van der Waals surface area (Å²) in [7, 11) is 0. The van der Waals surface area contributed by atoms with Gasteiger partial charge in [-0.25, -0.2) is 0 Å². The topological polar surface area (TPSA) is 26.3 Å². The number of benzene rings is 2. The van der Waals surface area contributed by atoms with Crippen molar-refractivity contribution in [1.29, 1.82) is 0 Å². The Morgan fingerprint density at radius 2 is 1.48 bits per heavy atom. The molecule has 110 valence electrons. The summed E-state index contributed by atoms with van der Waals surface area (Å²) in [4.78, 5) is 12.5. The summed E-state index contributed by atoms with van der Waals surface area (Å²) in [5.41, 5.74) is 0.564. The van der Waals surface area contributed by atoms with Gasteiger partial charge in [0, 0.05) is 5.56 Å². The summed E-state index contributed by atoms with van der Waals surface area (Å²) in [6, 6.07) is 12.0. The van der Waals surface area contributed by atoms with E-state index in [0.29, 0.717) is 26.9 Å². The highest BCUT2D eigenvalue weighted by Gasteiger charge is 2.17. The Balaban J connectivity index is 2.29. The van der Waals surface area contributed by atoms with E-state index >= 15 is 0 Å². The lowest BCUT2D eigenvalue weighted by Gasteiger charge is -2.21. The van der Waals surface area contributed by atoms with E-state index in [2.05, 4.69) is 0 Å². The van der Waals surface area contributed by atoms with Crippen LogP contribution in [0.25, 0.3) is 0 Å². The van der Waals surface area contributed by atoms with E-state index in [1.807, 2.05) is 20.8 Å². The Morgan fingerprint density at radius 3 is 1.95 bits per heavy atom. The van der Waals surface area contributed by atoms with E-state index in [1.54, 1.807) is 42.5 Å². The van der Waals surface area contributed by atoms with Gasteiger partial charge >= 0.3 is 0 Å². The van der Waals surface area contributed by atoms with Gasteiger partial charge in [0.25, 0.3) is 0 Å². The second-order valence-electron chi connectivity index (χ2n) is 5.66. The highest BCUT2D eigenvalue weighted by molar-refractivity contribution is 6.41. The second kappa shape index (κ2) is 6.08. The molecular weight excluding hydrogens is 307 g/mol. The maximum absolute atomic E-state index is 12.5. The van der Waals surface area contributed by atoms with Gasteiger partial charge in [0.2, 0.25) is 0 Å². The van der Waals surface area contributed by atoms with Gasteiger partial charge < -0.3 is 4.74 Å². The summed E-state index contributed by atoms with van der Waals surface area (Å²) in [6.45, 7) is 5.90. The predicted molar refractivity (Wildman–Crippen MR) is 86.7 cm³/mol. The number of carbonyl (C=O) groups excluding carboxylic acids is 1. The molecule has 0 radical (unpaired) electrons. The van der Waals surface area contributed by atoms with E-state index in [4.69, 9.17) is 27.9 Å². The van der Waals surface area contributed by atoms with Gasteiger partial charge in [0.05, 0.1) is 15.6 Å². The minimum atomic E-state index is -0.280. The highest BCUT2D eigenvalue weighted by Crippen LogP contribution is 2.28. The quantitative estimate of drug-likeness (QED) is 0.707. The van der Waals surface area contributed by atoms with Crippen molar-refractivity contribution in [3.63, 3.8) is 0 Å². The molecule has 0 aliphatic heterocycles. The monoisotopic (exact) mass is 322 g/mol. The van der Waals surface area contributed by atoms with Crippen molar-refractivity contribution >= 4 is 29.0 Å². The van der Waals surface area contributed by atoms with Gasteiger partial charge in [0.15, 0.2) is 5.78 Å². The molecule has 0 aliphatic carbocycles. The van der Waals surface area contributed by atoms with E-state index in [0.717, 1.165) is 0 Å². The molecule has 0 atom stereocenters. The molecule has 2 aromatic carbocycles. The molecule has 0 heterocycles. The molecule has 21 heavy (non-hydrogen) atoms. The summed E-state index contributed by atoms with van der Waals surface area (Å²) in [5, 5.41) is 0.699. The Labute approximate surface area is 134 Å². The van der Waals surface area contributed by atoms with Crippen molar-refractivity contribution < 1.29 is 9.53 Å². The van der Waals surface area contributed by atoms with E-state index in [9.17, 15) is 4.79 Å². The van der Waals surface area contributed by atoms with Gasteiger partial charge in [-0.2, -0.15) is 0 Å². The molecule has 0 aromatic heterocycles. The largest absolute Gasteiger partial charge is 0.488 e. The molecule has 2 nitrogen and oxygen atoms in total. The smallest absolute Gasteiger partial charge is 0.196 e. The molecule has 0 saturated heterocycles. The molecule has 0 N–H and O–H groups in total. The zero-order valence-electron chi connectivity index (χ0n) is 12.1. The van der Waals surface area contributed by atoms with Crippen molar-refractivity contribution in [3.05, 3.63) is 63.6 Å². The third-order valence-corrected chi connectivity index (χ3v) is 3.36. The van der Waals surface area contributed by atoms with Crippen LogP contribution in [0.15, 0.2) is 42.5 Å². The van der Waals surface area contributed by atoms with Gasteiger partial charge in [-0.3, -0.25) is 4.79 Å². The van der Waals surface area contributed by atoms with E-state index in [-0.39, 0.29) is 11.4 Å².